The monoisotopic (exact) mass is 393 g/mol. The van der Waals surface area contributed by atoms with Gasteiger partial charge in [-0.3, -0.25) is 9.59 Å². The summed E-state index contributed by atoms with van der Waals surface area (Å²) in [5.74, 6) is 0.811. The molecule has 2 aromatic heterocycles. The minimum absolute atomic E-state index is 0.176. The van der Waals surface area contributed by atoms with Gasteiger partial charge >= 0.3 is 0 Å². The molecule has 1 atom stereocenters. The molecule has 9 heteroatoms. The fraction of sp³-hybridized carbons (Fsp3) is 0.529. The van der Waals surface area contributed by atoms with Crippen LogP contribution in [0.25, 0.3) is 0 Å². The Morgan fingerprint density at radius 3 is 2.88 bits per heavy atom. The van der Waals surface area contributed by atoms with Crippen LogP contribution in [0.15, 0.2) is 22.7 Å². The lowest BCUT2D eigenvalue weighted by atomic mass is 10.3. The van der Waals surface area contributed by atoms with E-state index in [0.29, 0.717) is 12.6 Å². The summed E-state index contributed by atoms with van der Waals surface area (Å²) in [5.41, 5.74) is 0. The molecule has 1 aliphatic rings. The van der Waals surface area contributed by atoms with Crippen molar-refractivity contribution in [1.29, 1.82) is 0 Å². The molecule has 7 nitrogen and oxygen atoms in total. The smallest absolute Gasteiger partial charge is 0.242 e. The molecule has 1 fully saturated rings. The number of nitrogens with zero attached hydrogens (tertiary/aromatic N) is 3. The third-order valence-electron chi connectivity index (χ3n) is 4.01. The number of hydrogen-bond donors (Lipinski definition) is 2. The number of thioether (sulfide) groups is 1. The van der Waals surface area contributed by atoms with Crippen molar-refractivity contribution in [3.8, 4) is 0 Å². The second-order valence-corrected chi connectivity index (χ2v) is 8.20. The number of hydrogen-bond acceptors (Lipinski definition) is 6. The maximum absolute atomic E-state index is 12.1. The molecule has 0 spiro atoms. The van der Waals surface area contributed by atoms with E-state index in [1.54, 1.807) is 18.3 Å². The van der Waals surface area contributed by atoms with Crippen LogP contribution in [0.5, 0.6) is 0 Å². The van der Waals surface area contributed by atoms with E-state index in [4.69, 9.17) is 0 Å². The molecular formula is C17H23N5O2S2. The van der Waals surface area contributed by atoms with Gasteiger partial charge in [0.1, 0.15) is 11.9 Å². The molecule has 0 radical (unpaired) electrons. The molecule has 3 rings (SSSR count). The van der Waals surface area contributed by atoms with E-state index in [2.05, 4.69) is 36.8 Å². The molecular weight excluding hydrogens is 370 g/mol. The van der Waals surface area contributed by atoms with Crippen molar-refractivity contribution in [3.05, 3.63) is 28.2 Å². The predicted octanol–water partition coefficient (Wildman–Crippen LogP) is 2.00. The minimum atomic E-state index is -0.543. The number of thiophene rings is 1. The maximum Gasteiger partial charge on any atom is 0.242 e. The van der Waals surface area contributed by atoms with Crippen LogP contribution in [0, 0.1) is 0 Å². The van der Waals surface area contributed by atoms with Crippen molar-refractivity contribution in [2.24, 2.45) is 0 Å². The third kappa shape index (κ3) is 4.85. The van der Waals surface area contributed by atoms with Crippen molar-refractivity contribution in [3.63, 3.8) is 0 Å². The molecule has 0 bridgehead atoms. The summed E-state index contributed by atoms with van der Waals surface area (Å²) >= 11 is 3.08. The van der Waals surface area contributed by atoms with Crippen LogP contribution in [0.4, 0.5) is 0 Å². The lowest BCUT2D eigenvalue weighted by Gasteiger charge is -2.13. The van der Waals surface area contributed by atoms with Gasteiger partial charge in [-0.15, -0.1) is 21.5 Å². The average molecular weight is 394 g/mol. The van der Waals surface area contributed by atoms with Crippen LogP contribution in [-0.2, 0) is 16.0 Å². The molecule has 2 amide bonds. The Morgan fingerprint density at radius 2 is 2.23 bits per heavy atom. The number of carbonyl (C=O) groups excluding carboxylic acids is 2. The Morgan fingerprint density at radius 1 is 1.42 bits per heavy atom. The van der Waals surface area contributed by atoms with Gasteiger partial charge in [0.25, 0.3) is 0 Å². The maximum atomic E-state index is 12.1. The van der Waals surface area contributed by atoms with Crippen LogP contribution in [0.2, 0.25) is 0 Å². The molecule has 2 N–H and O–H groups in total. The standard InChI is InChI=1S/C17H23N5O2S2/c1-3-18-16(24)11(2)19-15(23)10-26-17-21-20-14(22(17)12-6-7-12)9-13-5-4-8-25-13/h4-5,8,11-12H,3,6-7,9-10H2,1-2H3,(H,18,24)(H,19,23)/t11-/m1/s1. The number of rotatable bonds is 9. The number of carbonyl (C=O) groups is 2. The normalized spacial score (nSPS) is 14.8. The topological polar surface area (TPSA) is 88.9 Å². The summed E-state index contributed by atoms with van der Waals surface area (Å²) in [6.45, 7) is 4.07. The van der Waals surface area contributed by atoms with Crippen molar-refractivity contribution < 1.29 is 9.59 Å². The highest BCUT2D eigenvalue weighted by Crippen LogP contribution is 2.39. The average Bonchev–Trinajstić information content (AvgIpc) is 3.16. The van der Waals surface area contributed by atoms with E-state index in [1.165, 1.54) is 16.6 Å². The lowest BCUT2D eigenvalue weighted by Crippen LogP contribution is -2.45. The van der Waals surface area contributed by atoms with Crippen LogP contribution in [0.3, 0.4) is 0 Å². The molecule has 2 heterocycles. The molecule has 26 heavy (non-hydrogen) atoms. The van der Waals surface area contributed by atoms with Crippen LogP contribution in [0.1, 0.15) is 43.4 Å². The van der Waals surface area contributed by atoms with Crippen LogP contribution >= 0.6 is 23.1 Å². The summed E-state index contributed by atoms with van der Waals surface area (Å²) in [6.07, 6.45) is 3.02. The Bertz CT molecular complexity index is 755. The zero-order valence-corrected chi connectivity index (χ0v) is 16.5. The van der Waals surface area contributed by atoms with Crippen LogP contribution in [-0.4, -0.2) is 44.9 Å². The van der Waals surface area contributed by atoms with E-state index >= 15 is 0 Å². The number of likely N-dealkylation sites (N-methyl/N-ethyl adjacent to an activating group) is 1. The van der Waals surface area contributed by atoms with E-state index in [1.807, 2.05) is 13.0 Å². The minimum Gasteiger partial charge on any atom is -0.355 e. The molecule has 2 aromatic rings. The molecule has 0 aliphatic heterocycles. The largest absolute Gasteiger partial charge is 0.355 e. The van der Waals surface area contributed by atoms with Crippen molar-refractivity contribution in [1.82, 2.24) is 25.4 Å². The van der Waals surface area contributed by atoms with E-state index in [-0.39, 0.29) is 17.6 Å². The van der Waals surface area contributed by atoms with E-state index < -0.39 is 6.04 Å². The van der Waals surface area contributed by atoms with Gasteiger partial charge in [0, 0.05) is 23.9 Å². The van der Waals surface area contributed by atoms with Gasteiger partial charge in [0.2, 0.25) is 11.8 Å². The summed E-state index contributed by atoms with van der Waals surface area (Å²) in [5, 5.41) is 16.9. The molecule has 140 valence electrons. The highest BCUT2D eigenvalue weighted by Gasteiger charge is 2.30. The summed E-state index contributed by atoms with van der Waals surface area (Å²) in [7, 11) is 0. The fourth-order valence-electron chi connectivity index (χ4n) is 2.60. The van der Waals surface area contributed by atoms with Gasteiger partial charge in [0.15, 0.2) is 5.16 Å². The Balaban J connectivity index is 1.58. The lowest BCUT2D eigenvalue weighted by molar-refractivity contribution is -0.127. The highest BCUT2D eigenvalue weighted by molar-refractivity contribution is 7.99. The second-order valence-electron chi connectivity index (χ2n) is 6.23. The zero-order valence-electron chi connectivity index (χ0n) is 14.9. The molecule has 1 saturated carbocycles. The summed E-state index contributed by atoms with van der Waals surface area (Å²) in [6, 6.07) is 4.03. The van der Waals surface area contributed by atoms with Gasteiger partial charge in [-0.2, -0.15) is 0 Å². The number of amides is 2. The summed E-state index contributed by atoms with van der Waals surface area (Å²) in [4.78, 5) is 25.1. The first-order valence-corrected chi connectivity index (χ1v) is 10.6. The molecule has 0 aromatic carbocycles. The Hall–Kier alpha value is -1.87. The number of nitrogens with one attached hydrogen (secondary N) is 2. The van der Waals surface area contributed by atoms with Gasteiger partial charge in [-0.05, 0) is 38.1 Å². The van der Waals surface area contributed by atoms with Crippen molar-refractivity contribution in [2.45, 2.75) is 50.4 Å². The molecule has 0 saturated heterocycles. The number of aromatic nitrogens is 3. The Kier molecular flexibility index (Phi) is 6.31. The van der Waals surface area contributed by atoms with Gasteiger partial charge in [0.05, 0.1) is 5.75 Å². The Labute approximate surface area is 161 Å². The molecule has 1 aliphatic carbocycles. The van der Waals surface area contributed by atoms with E-state index in [9.17, 15) is 9.59 Å². The van der Waals surface area contributed by atoms with E-state index in [0.717, 1.165) is 30.2 Å². The van der Waals surface area contributed by atoms with Crippen molar-refractivity contribution in [2.75, 3.05) is 12.3 Å². The first-order valence-electron chi connectivity index (χ1n) is 8.74. The first-order chi connectivity index (χ1) is 12.6. The van der Waals surface area contributed by atoms with Crippen LogP contribution < -0.4 is 10.6 Å². The first kappa shape index (κ1) is 18.9. The van der Waals surface area contributed by atoms with Crippen molar-refractivity contribution >= 4 is 34.9 Å². The van der Waals surface area contributed by atoms with Gasteiger partial charge in [-0.1, -0.05) is 17.8 Å². The fourth-order valence-corrected chi connectivity index (χ4v) is 4.14. The second kappa shape index (κ2) is 8.68. The highest BCUT2D eigenvalue weighted by atomic mass is 32.2. The quantitative estimate of drug-likeness (QED) is 0.636. The van der Waals surface area contributed by atoms with Gasteiger partial charge in [-0.25, -0.2) is 0 Å². The SMILES string of the molecule is CCNC(=O)[C@@H](C)NC(=O)CSc1nnc(Cc2cccs2)n1C1CC1. The third-order valence-corrected chi connectivity index (χ3v) is 5.83. The summed E-state index contributed by atoms with van der Waals surface area (Å²) < 4.78 is 2.17. The molecule has 0 unspecified atom stereocenters. The predicted molar refractivity (Wildman–Crippen MR) is 102 cm³/mol. The van der Waals surface area contributed by atoms with Gasteiger partial charge < -0.3 is 15.2 Å². The zero-order chi connectivity index (χ0) is 18.5.